The number of anilines is 1. The SMILES string of the molecule is NCc1cc(S(=O)(=O)Nc2cc(F)c(F)cc2F)cs1. The second kappa shape index (κ2) is 5.43. The van der Waals surface area contributed by atoms with Crippen LogP contribution in [0.5, 0.6) is 0 Å². The van der Waals surface area contributed by atoms with Crippen molar-refractivity contribution >= 4 is 27.0 Å². The minimum atomic E-state index is -4.08. The van der Waals surface area contributed by atoms with E-state index in [4.69, 9.17) is 5.73 Å². The Kier molecular flexibility index (Phi) is 4.02. The summed E-state index contributed by atoms with van der Waals surface area (Å²) < 4.78 is 64.9. The third-order valence-electron chi connectivity index (χ3n) is 2.40. The molecule has 0 saturated carbocycles. The molecule has 2 aromatic rings. The van der Waals surface area contributed by atoms with Gasteiger partial charge < -0.3 is 5.73 Å². The first-order valence-electron chi connectivity index (χ1n) is 5.28. The molecule has 0 aliphatic carbocycles. The first-order chi connectivity index (χ1) is 9.33. The lowest BCUT2D eigenvalue weighted by atomic mass is 10.3. The molecule has 0 spiro atoms. The molecular weight excluding hydrogens is 313 g/mol. The second-order valence-electron chi connectivity index (χ2n) is 3.80. The molecule has 0 atom stereocenters. The minimum absolute atomic E-state index is 0.118. The fourth-order valence-electron chi connectivity index (χ4n) is 1.41. The summed E-state index contributed by atoms with van der Waals surface area (Å²) in [6, 6.07) is 2.04. The number of hydrogen-bond acceptors (Lipinski definition) is 4. The van der Waals surface area contributed by atoms with Crippen molar-refractivity contribution in [2.45, 2.75) is 11.4 Å². The molecule has 2 rings (SSSR count). The maximum Gasteiger partial charge on any atom is 0.262 e. The summed E-state index contributed by atoms with van der Waals surface area (Å²) in [5.74, 6) is -3.95. The molecule has 0 bridgehead atoms. The van der Waals surface area contributed by atoms with Gasteiger partial charge in [0.25, 0.3) is 10.0 Å². The molecular formula is C11H9F3N2O2S2. The maximum atomic E-state index is 13.4. The molecule has 0 aliphatic rings. The van der Waals surface area contributed by atoms with E-state index in [2.05, 4.69) is 0 Å². The standard InChI is InChI=1S/C11H9F3N2O2S2/c12-8-2-10(14)11(3-9(8)13)16-20(17,18)7-1-6(4-15)19-5-7/h1-3,5,16H,4,15H2. The number of rotatable bonds is 4. The highest BCUT2D eigenvalue weighted by Crippen LogP contribution is 2.24. The third kappa shape index (κ3) is 2.94. The van der Waals surface area contributed by atoms with Crippen LogP contribution in [0.25, 0.3) is 0 Å². The van der Waals surface area contributed by atoms with Gasteiger partial charge in [0, 0.05) is 28.9 Å². The van der Waals surface area contributed by atoms with Crippen LogP contribution in [0.4, 0.5) is 18.9 Å². The molecule has 108 valence electrons. The van der Waals surface area contributed by atoms with Crippen LogP contribution in [0.2, 0.25) is 0 Å². The summed E-state index contributed by atoms with van der Waals surface area (Å²) >= 11 is 1.12. The van der Waals surface area contributed by atoms with Gasteiger partial charge in [-0.3, -0.25) is 4.72 Å². The van der Waals surface area contributed by atoms with E-state index in [1.54, 1.807) is 0 Å². The summed E-state index contributed by atoms with van der Waals surface area (Å²) in [5, 5.41) is 1.32. The Bertz CT molecular complexity index is 744. The molecule has 9 heteroatoms. The maximum absolute atomic E-state index is 13.4. The van der Waals surface area contributed by atoms with Crippen LogP contribution in [0.3, 0.4) is 0 Å². The summed E-state index contributed by atoms with van der Waals surface area (Å²) in [6.45, 7) is 0.166. The normalized spacial score (nSPS) is 11.6. The van der Waals surface area contributed by atoms with E-state index in [1.165, 1.54) is 11.4 Å². The van der Waals surface area contributed by atoms with Crippen molar-refractivity contribution in [1.29, 1.82) is 0 Å². The van der Waals surface area contributed by atoms with E-state index < -0.39 is 33.2 Å². The van der Waals surface area contributed by atoms with E-state index >= 15 is 0 Å². The van der Waals surface area contributed by atoms with Crippen LogP contribution >= 0.6 is 11.3 Å². The van der Waals surface area contributed by atoms with Crippen molar-refractivity contribution in [3.05, 3.63) is 45.9 Å². The molecule has 1 heterocycles. The van der Waals surface area contributed by atoms with Gasteiger partial charge in [-0.15, -0.1) is 11.3 Å². The topological polar surface area (TPSA) is 72.2 Å². The first kappa shape index (κ1) is 14.8. The molecule has 0 unspecified atom stereocenters. The highest BCUT2D eigenvalue weighted by molar-refractivity contribution is 7.92. The van der Waals surface area contributed by atoms with Gasteiger partial charge in [-0.2, -0.15) is 0 Å². The highest BCUT2D eigenvalue weighted by atomic mass is 32.2. The van der Waals surface area contributed by atoms with Gasteiger partial charge in [0.2, 0.25) is 0 Å². The van der Waals surface area contributed by atoms with Crippen LogP contribution in [-0.2, 0) is 16.6 Å². The third-order valence-corrected chi connectivity index (χ3v) is 4.85. The van der Waals surface area contributed by atoms with Gasteiger partial charge in [-0.1, -0.05) is 0 Å². The van der Waals surface area contributed by atoms with Gasteiger partial charge in [-0.05, 0) is 6.07 Å². The zero-order chi connectivity index (χ0) is 14.9. The summed E-state index contributed by atoms with van der Waals surface area (Å²) in [4.78, 5) is 0.503. The van der Waals surface area contributed by atoms with Crippen molar-refractivity contribution in [1.82, 2.24) is 0 Å². The summed E-state index contributed by atoms with van der Waals surface area (Å²) in [7, 11) is -4.08. The monoisotopic (exact) mass is 322 g/mol. The zero-order valence-electron chi connectivity index (χ0n) is 9.86. The molecule has 0 radical (unpaired) electrons. The molecule has 1 aromatic carbocycles. The second-order valence-corrected chi connectivity index (χ2v) is 6.48. The number of halogens is 3. The molecule has 4 nitrogen and oxygen atoms in total. The van der Waals surface area contributed by atoms with Gasteiger partial charge >= 0.3 is 0 Å². The number of nitrogens with two attached hydrogens (primary N) is 1. The predicted molar refractivity (Wildman–Crippen MR) is 69.3 cm³/mol. The van der Waals surface area contributed by atoms with Gasteiger partial charge in [0.1, 0.15) is 5.82 Å². The zero-order valence-corrected chi connectivity index (χ0v) is 11.5. The van der Waals surface area contributed by atoms with Crippen molar-refractivity contribution in [3.63, 3.8) is 0 Å². The number of benzene rings is 1. The van der Waals surface area contributed by atoms with E-state index in [1.807, 2.05) is 4.72 Å². The Morgan fingerprint density at radius 1 is 1.10 bits per heavy atom. The highest BCUT2D eigenvalue weighted by Gasteiger charge is 2.19. The summed E-state index contributed by atoms with van der Waals surface area (Å²) in [6.07, 6.45) is 0. The van der Waals surface area contributed by atoms with E-state index in [0.29, 0.717) is 10.9 Å². The van der Waals surface area contributed by atoms with E-state index in [0.717, 1.165) is 11.3 Å². The molecule has 20 heavy (non-hydrogen) atoms. The molecule has 0 amide bonds. The van der Waals surface area contributed by atoms with Crippen LogP contribution < -0.4 is 10.5 Å². The average Bonchev–Trinajstić information content (AvgIpc) is 2.85. The van der Waals surface area contributed by atoms with Crippen molar-refractivity contribution in [2.24, 2.45) is 5.73 Å². The Morgan fingerprint density at radius 2 is 1.75 bits per heavy atom. The fraction of sp³-hybridized carbons (Fsp3) is 0.0909. The number of thiophene rings is 1. The Morgan fingerprint density at radius 3 is 2.35 bits per heavy atom. The van der Waals surface area contributed by atoms with Crippen molar-refractivity contribution in [3.8, 4) is 0 Å². The lowest BCUT2D eigenvalue weighted by molar-refractivity contribution is 0.496. The largest absolute Gasteiger partial charge is 0.326 e. The fourth-order valence-corrected chi connectivity index (χ4v) is 3.63. The van der Waals surface area contributed by atoms with Gasteiger partial charge in [-0.25, -0.2) is 21.6 Å². The van der Waals surface area contributed by atoms with Gasteiger partial charge in [0.15, 0.2) is 11.6 Å². The number of sulfonamides is 1. The first-order valence-corrected chi connectivity index (χ1v) is 7.64. The molecule has 0 saturated heterocycles. The summed E-state index contributed by atoms with van der Waals surface area (Å²) in [5.41, 5.74) is 4.70. The Labute approximate surface area is 117 Å². The Balaban J connectivity index is 2.35. The Hall–Kier alpha value is -1.58. The van der Waals surface area contributed by atoms with Crippen molar-refractivity contribution < 1.29 is 21.6 Å². The predicted octanol–water partition coefficient (Wildman–Crippen LogP) is 2.42. The quantitative estimate of drug-likeness (QED) is 0.849. The smallest absolute Gasteiger partial charge is 0.262 e. The number of hydrogen-bond donors (Lipinski definition) is 2. The van der Waals surface area contributed by atoms with Gasteiger partial charge in [0.05, 0.1) is 10.6 Å². The van der Waals surface area contributed by atoms with Crippen LogP contribution in [-0.4, -0.2) is 8.42 Å². The minimum Gasteiger partial charge on any atom is -0.326 e. The molecule has 0 fully saturated rings. The van der Waals surface area contributed by atoms with E-state index in [9.17, 15) is 21.6 Å². The molecule has 3 N–H and O–H groups in total. The lowest BCUT2D eigenvalue weighted by Crippen LogP contribution is -2.13. The van der Waals surface area contributed by atoms with Crippen LogP contribution in [0, 0.1) is 17.5 Å². The number of nitrogens with one attached hydrogen (secondary N) is 1. The van der Waals surface area contributed by atoms with E-state index in [-0.39, 0.29) is 17.5 Å². The molecule has 1 aromatic heterocycles. The molecule has 0 aliphatic heterocycles. The van der Waals surface area contributed by atoms with Crippen LogP contribution in [0.1, 0.15) is 4.88 Å². The van der Waals surface area contributed by atoms with Crippen molar-refractivity contribution in [2.75, 3.05) is 4.72 Å². The van der Waals surface area contributed by atoms with Crippen LogP contribution in [0.15, 0.2) is 28.5 Å². The lowest BCUT2D eigenvalue weighted by Gasteiger charge is -2.08. The average molecular weight is 322 g/mol.